The van der Waals surface area contributed by atoms with Crippen LogP contribution in [0.5, 0.6) is 0 Å². The molecular weight excluding hydrogens is 378 g/mol. The van der Waals surface area contributed by atoms with Crippen molar-refractivity contribution in [3.63, 3.8) is 0 Å². The van der Waals surface area contributed by atoms with Gasteiger partial charge in [-0.1, -0.05) is 35.9 Å². The maximum atomic E-state index is 12.6. The first-order chi connectivity index (χ1) is 13.0. The summed E-state index contributed by atoms with van der Waals surface area (Å²) in [5, 5.41) is 0. The number of rotatable bonds is 7. The van der Waals surface area contributed by atoms with Crippen molar-refractivity contribution >= 4 is 21.8 Å². The predicted molar refractivity (Wildman–Crippen MR) is 107 cm³/mol. The number of ketones is 1. The van der Waals surface area contributed by atoms with Crippen LogP contribution in [0.2, 0.25) is 0 Å². The Morgan fingerprint density at radius 2 is 1.57 bits per heavy atom. The lowest BCUT2D eigenvalue weighted by Crippen LogP contribution is -2.33. The van der Waals surface area contributed by atoms with Crippen LogP contribution in [0.25, 0.3) is 0 Å². The van der Waals surface area contributed by atoms with E-state index in [0.717, 1.165) is 5.56 Å². The molecule has 0 aliphatic carbocycles. The number of carbonyl (C=O) groups excluding carboxylic acids is 2. The van der Waals surface area contributed by atoms with Crippen LogP contribution in [-0.2, 0) is 14.8 Å². The molecule has 2 aromatic carbocycles. The molecule has 0 heterocycles. The van der Waals surface area contributed by atoms with Gasteiger partial charge in [-0.2, -0.15) is 4.31 Å². The van der Waals surface area contributed by atoms with Crippen molar-refractivity contribution in [2.24, 2.45) is 0 Å². The summed E-state index contributed by atoms with van der Waals surface area (Å²) in [6.45, 7) is 6.92. The highest BCUT2D eigenvalue weighted by Gasteiger charge is 2.25. The number of esters is 1. The van der Waals surface area contributed by atoms with Crippen LogP contribution in [-0.4, -0.2) is 43.7 Å². The van der Waals surface area contributed by atoms with Gasteiger partial charge in [0, 0.05) is 18.7 Å². The molecule has 0 N–H and O–H groups in total. The molecule has 7 heteroatoms. The first-order valence-corrected chi connectivity index (χ1v) is 10.4. The second kappa shape index (κ2) is 8.67. The van der Waals surface area contributed by atoms with Gasteiger partial charge in [-0.05, 0) is 45.9 Å². The van der Waals surface area contributed by atoms with Gasteiger partial charge in [0.05, 0.1) is 10.5 Å². The quantitative estimate of drug-likeness (QED) is 0.522. The van der Waals surface area contributed by atoms with E-state index in [0.29, 0.717) is 5.56 Å². The molecule has 0 aliphatic rings. The number of benzene rings is 2. The predicted octanol–water partition coefficient (Wildman–Crippen LogP) is 3.45. The summed E-state index contributed by atoms with van der Waals surface area (Å²) < 4.78 is 31.7. The first-order valence-electron chi connectivity index (χ1n) is 8.94. The third kappa shape index (κ3) is 4.85. The van der Waals surface area contributed by atoms with Gasteiger partial charge in [-0.15, -0.1) is 0 Å². The third-order valence-corrected chi connectivity index (χ3v) is 6.49. The summed E-state index contributed by atoms with van der Waals surface area (Å²) in [6, 6.07) is 12.4. The molecule has 0 unspecified atom stereocenters. The van der Waals surface area contributed by atoms with Crippen LogP contribution in [0.15, 0.2) is 53.4 Å². The standard InChI is InChI=1S/C21H25NO5S/c1-14(2)22(5)28(25,26)19-8-6-7-18(13-19)21(24)27-16(4)20(23)17-11-9-15(3)10-12-17/h6-14,16H,1-5H3/t16-/m0/s1. The lowest BCUT2D eigenvalue weighted by atomic mass is 10.1. The van der Waals surface area contributed by atoms with Gasteiger partial charge in [-0.3, -0.25) is 4.79 Å². The number of ether oxygens (including phenoxy) is 1. The van der Waals surface area contributed by atoms with Crippen LogP contribution >= 0.6 is 0 Å². The molecule has 2 aromatic rings. The maximum Gasteiger partial charge on any atom is 0.338 e. The molecule has 0 fully saturated rings. The molecule has 0 saturated carbocycles. The lowest BCUT2D eigenvalue weighted by molar-refractivity contribution is 0.0318. The molecule has 0 spiro atoms. The number of nitrogens with zero attached hydrogens (tertiary/aromatic N) is 1. The Labute approximate surface area is 166 Å². The van der Waals surface area contributed by atoms with E-state index < -0.39 is 22.1 Å². The fourth-order valence-electron chi connectivity index (χ4n) is 2.46. The summed E-state index contributed by atoms with van der Waals surface area (Å²) in [5.74, 6) is -1.08. The minimum absolute atomic E-state index is 0.00401. The first kappa shape index (κ1) is 21.8. The fourth-order valence-corrected chi connectivity index (χ4v) is 3.88. The van der Waals surface area contributed by atoms with E-state index in [-0.39, 0.29) is 22.3 Å². The summed E-state index contributed by atoms with van der Waals surface area (Å²) in [5.41, 5.74) is 1.54. The number of aryl methyl sites for hydroxylation is 1. The number of hydrogen-bond acceptors (Lipinski definition) is 5. The number of Topliss-reactive ketones (excluding diaryl/α,β-unsaturated/α-hetero) is 1. The highest BCUT2D eigenvalue weighted by molar-refractivity contribution is 7.89. The smallest absolute Gasteiger partial charge is 0.338 e. The van der Waals surface area contributed by atoms with E-state index in [4.69, 9.17) is 4.74 Å². The van der Waals surface area contributed by atoms with E-state index in [1.807, 2.05) is 6.92 Å². The van der Waals surface area contributed by atoms with E-state index in [1.165, 1.54) is 42.5 Å². The molecule has 0 radical (unpaired) electrons. The largest absolute Gasteiger partial charge is 0.451 e. The Morgan fingerprint density at radius 1 is 0.964 bits per heavy atom. The lowest BCUT2D eigenvalue weighted by Gasteiger charge is -2.21. The Bertz CT molecular complexity index is 965. The van der Waals surface area contributed by atoms with Crippen molar-refractivity contribution in [2.45, 2.75) is 44.7 Å². The molecule has 0 amide bonds. The van der Waals surface area contributed by atoms with E-state index in [2.05, 4.69) is 0 Å². The highest BCUT2D eigenvalue weighted by atomic mass is 32.2. The van der Waals surface area contributed by atoms with Crippen molar-refractivity contribution in [1.82, 2.24) is 4.31 Å². The molecule has 0 bridgehead atoms. The van der Waals surface area contributed by atoms with Crippen LogP contribution < -0.4 is 0 Å². The van der Waals surface area contributed by atoms with Gasteiger partial charge >= 0.3 is 5.97 Å². The number of sulfonamides is 1. The zero-order chi connectivity index (χ0) is 21.1. The van der Waals surface area contributed by atoms with Crippen LogP contribution in [0.3, 0.4) is 0 Å². The zero-order valence-corrected chi connectivity index (χ0v) is 17.5. The highest BCUT2D eigenvalue weighted by Crippen LogP contribution is 2.19. The fraction of sp³-hybridized carbons (Fsp3) is 0.333. The Kier molecular flexibility index (Phi) is 6.74. The van der Waals surface area contributed by atoms with Crippen molar-refractivity contribution in [3.8, 4) is 0 Å². The maximum absolute atomic E-state index is 12.6. The molecule has 2 rings (SSSR count). The summed E-state index contributed by atoms with van der Waals surface area (Å²) >= 11 is 0. The minimum Gasteiger partial charge on any atom is -0.451 e. The van der Waals surface area contributed by atoms with Gasteiger partial charge in [0.1, 0.15) is 0 Å². The molecule has 0 saturated heterocycles. The average Bonchev–Trinajstić information content (AvgIpc) is 2.67. The number of hydrogen-bond donors (Lipinski definition) is 0. The molecule has 0 aromatic heterocycles. The summed E-state index contributed by atoms with van der Waals surface area (Å²) in [7, 11) is -2.25. The van der Waals surface area contributed by atoms with Crippen molar-refractivity contribution < 1.29 is 22.7 Å². The van der Waals surface area contributed by atoms with Crippen molar-refractivity contribution in [3.05, 3.63) is 65.2 Å². The monoisotopic (exact) mass is 403 g/mol. The molecule has 150 valence electrons. The van der Waals surface area contributed by atoms with Crippen molar-refractivity contribution in [2.75, 3.05) is 7.05 Å². The molecule has 1 atom stereocenters. The van der Waals surface area contributed by atoms with Crippen LogP contribution in [0.1, 0.15) is 47.1 Å². The van der Waals surface area contributed by atoms with Crippen molar-refractivity contribution in [1.29, 1.82) is 0 Å². The van der Waals surface area contributed by atoms with Gasteiger partial charge in [-0.25, -0.2) is 13.2 Å². The second-order valence-electron chi connectivity index (χ2n) is 6.92. The Morgan fingerprint density at radius 3 is 2.14 bits per heavy atom. The Hall–Kier alpha value is -2.51. The minimum atomic E-state index is -3.73. The summed E-state index contributed by atoms with van der Waals surface area (Å²) in [4.78, 5) is 24.9. The molecule has 6 nitrogen and oxygen atoms in total. The summed E-state index contributed by atoms with van der Waals surface area (Å²) in [6.07, 6.45) is -0.992. The topological polar surface area (TPSA) is 80.8 Å². The third-order valence-electron chi connectivity index (χ3n) is 4.46. The van der Waals surface area contributed by atoms with E-state index >= 15 is 0 Å². The molecule has 0 aliphatic heterocycles. The molecule has 28 heavy (non-hydrogen) atoms. The van der Waals surface area contributed by atoms with E-state index in [1.54, 1.807) is 38.1 Å². The van der Waals surface area contributed by atoms with Gasteiger partial charge in [0.2, 0.25) is 15.8 Å². The van der Waals surface area contributed by atoms with Gasteiger partial charge in [0.25, 0.3) is 0 Å². The molecular formula is C21H25NO5S. The van der Waals surface area contributed by atoms with E-state index in [9.17, 15) is 18.0 Å². The van der Waals surface area contributed by atoms with Gasteiger partial charge in [0.15, 0.2) is 6.10 Å². The Balaban J connectivity index is 2.19. The van der Waals surface area contributed by atoms with Gasteiger partial charge < -0.3 is 4.74 Å². The normalized spacial score (nSPS) is 12.8. The second-order valence-corrected chi connectivity index (χ2v) is 8.92. The van der Waals surface area contributed by atoms with Crippen LogP contribution in [0, 0.1) is 6.92 Å². The zero-order valence-electron chi connectivity index (χ0n) is 16.7. The number of carbonyl (C=O) groups is 2. The average molecular weight is 404 g/mol. The SMILES string of the molecule is Cc1ccc(C(=O)[C@H](C)OC(=O)c2cccc(S(=O)(=O)N(C)C(C)C)c2)cc1. The van der Waals surface area contributed by atoms with Crippen LogP contribution in [0.4, 0.5) is 0 Å².